The minimum atomic E-state index is 0.707. The number of aryl methyl sites for hydroxylation is 1. The van der Waals surface area contributed by atoms with E-state index in [1.54, 1.807) is 6.20 Å². The van der Waals surface area contributed by atoms with E-state index < -0.39 is 0 Å². The molecular formula is C11H11N5. The maximum atomic E-state index is 4.40. The molecule has 0 aliphatic carbocycles. The Hall–Kier alpha value is -2.17. The molecular weight excluding hydrogens is 202 g/mol. The number of fused-ring (bicyclic) bond motifs is 1. The lowest BCUT2D eigenvalue weighted by atomic mass is 10.2. The largest absolute Gasteiger partial charge is 0.263 e. The Balaban J connectivity index is 2.18. The van der Waals surface area contributed by atoms with Crippen LogP contribution in [-0.4, -0.2) is 24.8 Å². The average Bonchev–Trinajstić information content (AvgIpc) is 2.94. The molecule has 5 heteroatoms. The van der Waals surface area contributed by atoms with Gasteiger partial charge in [0.2, 0.25) is 0 Å². The number of nitrogens with zero attached hydrogens (tertiary/aromatic N) is 4. The van der Waals surface area contributed by atoms with Gasteiger partial charge < -0.3 is 0 Å². The van der Waals surface area contributed by atoms with Gasteiger partial charge in [-0.05, 0) is 12.1 Å². The summed E-state index contributed by atoms with van der Waals surface area (Å²) < 4.78 is 1.82. The smallest absolute Gasteiger partial charge is 0.184 e. The summed E-state index contributed by atoms with van der Waals surface area (Å²) in [5, 5.41) is 11.4. The molecule has 1 N–H and O–H groups in total. The highest BCUT2D eigenvalue weighted by molar-refractivity contribution is 5.75. The van der Waals surface area contributed by atoms with Crippen LogP contribution in [0.4, 0.5) is 0 Å². The average molecular weight is 213 g/mol. The van der Waals surface area contributed by atoms with E-state index in [1.165, 1.54) is 0 Å². The molecule has 0 unspecified atom stereocenters. The molecule has 0 amide bonds. The Morgan fingerprint density at radius 2 is 2.31 bits per heavy atom. The van der Waals surface area contributed by atoms with Crippen molar-refractivity contribution in [2.75, 3.05) is 0 Å². The van der Waals surface area contributed by atoms with Crippen LogP contribution < -0.4 is 0 Å². The first-order valence-electron chi connectivity index (χ1n) is 5.22. The molecule has 0 spiro atoms. The number of hydrogen-bond donors (Lipinski definition) is 1. The fourth-order valence-corrected chi connectivity index (χ4v) is 1.68. The predicted molar refractivity (Wildman–Crippen MR) is 59.9 cm³/mol. The van der Waals surface area contributed by atoms with Gasteiger partial charge in [-0.3, -0.25) is 5.10 Å². The zero-order valence-corrected chi connectivity index (χ0v) is 8.88. The van der Waals surface area contributed by atoms with Crippen molar-refractivity contribution in [3.05, 3.63) is 36.4 Å². The van der Waals surface area contributed by atoms with Crippen LogP contribution in [0.15, 0.2) is 30.6 Å². The van der Waals surface area contributed by atoms with Gasteiger partial charge in [0.05, 0.1) is 17.3 Å². The summed E-state index contributed by atoms with van der Waals surface area (Å²) in [6, 6.07) is 5.93. The van der Waals surface area contributed by atoms with E-state index in [0.29, 0.717) is 5.82 Å². The Labute approximate surface area is 92.1 Å². The molecule has 0 radical (unpaired) electrons. The van der Waals surface area contributed by atoms with Crippen LogP contribution in [-0.2, 0) is 6.42 Å². The number of aromatic nitrogens is 5. The van der Waals surface area contributed by atoms with Crippen molar-refractivity contribution in [2.45, 2.75) is 13.3 Å². The van der Waals surface area contributed by atoms with Gasteiger partial charge in [-0.1, -0.05) is 13.0 Å². The van der Waals surface area contributed by atoms with Crippen molar-refractivity contribution in [3.8, 4) is 11.4 Å². The van der Waals surface area contributed by atoms with Crippen molar-refractivity contribution >= 4 is 5.52 Å². The highest BCUT2D eigenvalue weighted by Crippen LogP contribution is 2.20. The number of pyridine rings is 1. The third-order valence-corrected chi connectivity index (χ3v) is 2.53. The van der Waals surface area contributed by atoms with Gasteiger partial charge in [-0.2, -0.15) is 10.2 Å². The molecule has 80 valence electrons. The lowest BCUT2D eigenvalue weighted by Crippen LogP contribution is -1.84. The van der Waals surface area contributed by atoms with Crippen molar-refractivity contribution in [3.63, 3.8) is 0 Å². The molecule has 0 saturated carbocycles. The zero-order chi connectivity index (χ0) is 11.0. The van der Waals surface area contributed by atoms with Crippen LogP contribution in [0.25, 0.3) is 16.9 Å². The van der Waals surface area contributed by atoms with E-state index in [4.69, 9.17) is 0 Å². The van der Waals surface area contributed by atoms with E-state index in [9.17, 15) is 0 Å². The zero-order valence-electron chi connectivity index (χ0n) is 8.88. The molecule has 0 bridgehead atoms. The topological polar surface area (TPSA) is 58.9 Å². The quantitative estimate of drug-likeness (QED) is 0.704. The second-order valence-electron chi connectivity index (χ2n) is 3.55. The first kappa shape index (κ1) is 9.08. The van der Waals surface area contributed by atoms with Gasteiger partial charge in [0.1, 0.15) is 5.82 Å². The van der Waals surface area contributed by atoms with Gasteiger partial charge in [0, 0.05) is 12.6 Å². The highest BCUT2D eigenvalue weighted by atomic mass is 15.2. The van der Waals surface area contributed by atoms with Gasteiger partial charge in [0.25, 0.3) is 0 Å². The van der Waals surface area contributed by atoms with Gasteiger partial charge >= 0.3 is 0 Å². The fourth-order valence-electron chi connectivity index (χ4n) is 1.68. The number of rotatable bonds is 2. The van der Waals surface area contributed by atoms with Crippen LogP contribution in [0.3, 0.4) is 0 Å². The van der Waals surface area contributed by atoms with Crippen LogP contribution in [0.2, 0.25) is 0 Å². The van der Waals surface area contributed by atoms with Crippen LogP contribution in [0.1, 0.15) is 12.7 Å². The minimum Gasteiger partial charge on any atom is -0.263 e. The molecule has 0 fully saturated rings. The normalized spacial score (nSPS) is 11.1. The van der Waals surface area contributed by atoms with E-state index in [-0.39, 0.29) is 0 Å². The lowest BCUT2D eigenvalue weighted by Gasteiger charge is -1.92. The monoisotopic (exact) mass is 213 g/mol. The maximum Gasteiger partial charge on any atom is 0.184 e. The molecule has 0 saturated heterocycles. The lowest BCUT2D eigenvalue weighted by molar-refractivity contribution is 0.946. The first-order chi connectivity index (χ1) is 7.88. The van der Waals surface area contributed by atoms with E-state index in [2.05, 4.69) is 20.3 Å². The second-order valence-corrected chi connectivity index (χ2v) is 3.55. The summed E-state index contributed by atoms with van der Waals surface area (Å²) in [5.41, 5.74) is 1.97. The van der Waals surface area contributed by atoms with Crippen molar-refractivity contribution in [1.82, 2.24) is 24.8 Å². The highest BCUT2D eigenvalue weighted by Gasteiger charge is 2.10. The molecule has 3 rings (SSSR count). The summed E-state index contributed by atoms with van der Waals surface area (Å²) in [6.45, 7) is 2.04. The summed E-state index contributed by atoms with van der Waals surface area (Å²) in [6.07, 6.45) is 4.55. The molecule has 0 atom stereocenters. The van der Waals surface area contributed by atoms with Crippen LogP contribution >= 0.6 is 0 Å². The Morgan fingerprint density at radius 3 is 3.12 bits per heavy atom. The second kappa shape index (κ2) is 3.44. The summed E-state index contributed by atoms with van der Waals surface area (Å²) in [4.78, 5) is 4.40. The van der Waals surface area contributed by atoms with Gasteiger partial charge in [0.15, 0.2) is 5.82 Å². The molecule has 16 heavy (non-hydrogen) atoms. The third-order valence-electron chi connectivity index (χ3n) is 2.53. The predicted octanol–water partition coefficient (Wildman–Crippen LogP) is 1.68. The summed E-state index contributed by atoms with van der Waals surface area (Å²) >= 11 is 0. The molecule has 0 aromatic carbocycles. The number of H-pyrrole nitrogens is 1. The van der Waals surface area contributed by atoms with Gasteiger partial charge in [-0.15, -0.1) is 0 Å². The SMILES string of the molecule is CCc1nc(-c2cnn3ccccc23)n[nH]1. The van der Waals surface area contributed by atoms with Crippen molar-refractivity contribution < 1.29 is 0 Å². The van der Waals surface area contributed by atoms with Crippen molar-refractivity contribution in [2.24, 2.45) is 0 Å². The molecule has 0 aliphatic heterocycles. The molecule has 3 aromatic rings. The van der Waals surface area contributed by atoms with Crippen molar-refractivity contribution in [1.29, 1.82) is 0 Å². The number of hydrogen-bond acceptors (Lipinski definition) is 3. The third kappa shape index (κ3) is 1.29. The molecule has 0 aliphatic rings. The maximum absolute atomic E-state index is 4.40. The number of nitrogens with one attached hydrogen (secondary N) is 1. The van der Waals surface area contributed by atoms with Crippen LogP contribution in [0.5, 0.6) is 0 Å². The Morgan fingerprint density at radius 1 is 1.38 bits per heavy atom. The van der Waals surface area contributed by atoms with Crippen LogP contribution in [0, 0.1) is 0 Å². The first-order valence-corrected chi connectivity index (χ1v) is 5.22. The minimum absolute atomic E-state index is 0.707. The summed E-state index contributed by atoms with van der Waals surface area (Å²) in [5.74, 6) is 1.60. The van der Waals surface area contributed by atoms with E-state index in [1.807, 2.05) is 35.8 Å². The fraction of sp³-hybridized carbons (Fsp3) is 0.182. The standard InChI is InChI=1S/C11H11N5/c1-2-10-13-11(15-14-10)8-7-12-16-6-4-3-5-9(8)16/h3-7H,2H2,1H3,(H,13,14,15). The van der Waals surface area contributed by atoms with E-state index >= 15 is 0 Å². The van der Waals surface area contributed by atoms with Gasteiger partial charge in [-0.25, -0.2) is 9.50 Å². The molecule has 3 aromatic heterocycles. The molecule has 5 nitrogen and oxygen atoms in total. The summed E-state index contributed by atoms with van der Waals surface area (Å²) in [7, 11) is 0. The molecule has 3 heterocycles. The Kier molecular flexibility index (Phi) is 1.96. The van der Waals surface area contributed by atoms with E-state index in [0.717, 1.165) is 23.3 Å². The number of aromatic amines is 1. The Bertz CT molecular complexity index is 622.